The largest absolute Gasteiger partial charge is 0.341 e. The van der Waals surface area contributed by atoms with Gasteiger partial charge in [-0.15, -0.1) is 11.3 Å². The molecule has 1 aromatic heterocycles. The number of thioether (sulfide) groups is 1. The second kappa shape index (κ2) is 7.66. The number of amidine groups is 1. The van der Waals surface area contributed by atoms with E-state index in [4.69, 9.17) is 5.26 Å². The molecule has 2 N–H and O–H groups in total. The van der Waals surface area contributed by atoms with E-state index in [1.54, 1.807) is 12.1 Å². The fourth-order valence-corrected chi connectivity index (χ4v) is 3.02. The molecule has 1 aliphatic rings. The van der Waals surface area contributed by atoms with Gasteiger partial charge in [-0.05, 0) is 11.4 Å². The van der Waals surface area contributed by atoms with Crippen LogP contribution >= 0.6 is 23.1 Å². The minimum Gasteiger partial charge on any atom is -0.341 e. The molecule has 0 saturated carbocycles. The fourth-order valence-electron chi connectivity index (χ4n) is 1.63. The summed E-state index contributed by atoms with van der Waals surface area (Å²) < 4.78 is 0. The Labute approximate surface area is 139 Å². The normalized spacial score (nSPS) is 16.9. The van der Waals surface area contributed by atoms with Crippen LogP contribution in [0.5, 0.6) is 0 Å². The Morgan fingerprint density at radius 3 is 2.87 bits per heavy atom. The van der Waals surface area contributed by atoms with Crippen molar-refractivity contribution in [3.63, 3.8) is 0 Å². The molecule has 10 heteroatoms. The van der Waals surface area contributed by atoms with Crippen molar-refractivity contribution in [3.05, 3.63) is 22.4 Å². The fraction of sp³-hybridized carbons (Fsp3) is 0.231. The van der Waals surface area contributed by atoms with E-state index in [1.807, 2.05) is 11.4 Å². The van der Waals surface area contributed by atoms with E-state index < -0.39 is 23.8 Å². The molecule has 8 nitrogen and oxygen atoms in total. The van der Waals surface area contributed by atoms with Crippen molar-refractivity contribution >= 4 is 51.8 Å². The van der Waals surface area contributed by atoms with Crippen LogP contribution in [0.3, 0.4) is 0 Å². The average molecular weight is 349 g/mol. The maximum absolute atomic E-state index is 11.9. The van der Waals surface area contributed by atoms with Crippen molar-refractivity contribution in [1.82, 2.24) is 10.6 Å². The molecule has 4 amide bonds. The number of aliphatic imine (C=N–C) groups is 2. The highest BCUT2D eigenvalue weighted by atomic mass is 32.2. The standard InChI is InChI=1S/C13H11N5O3S2/c1-15-12(21)16-9(19)6-23-13-17-10(8-3-2-4-22-8)7(5-14)11(20)18-13/h2-4,7H,6H2,1H3,(H2,15,16,19,21). The lowest BCUT2D eigenvalue weighted by Gasteiger charge is -2.14. The molecule has 0 spiro atoms. The molecule has 1 unspecified atom stereocenters. The maximum atomic E-state index is 11.9. The summed E-state index contributed by atoms with van der Waals surface area (Å²) in [5, 5.41) is 15.4. The monoisotopic (exact) mass is 349 g/mol. The Bertz CT molecular complexity index is 733. The van der Waals surface area contributed by atoms with Gasteiger partial charge in [0.1, 0.15) is 0 Å². The molecule has 1 aliphatic heterocycles. The number of hydrogen-bond acceptors (Lipinski definition) is 7. The molecular formula is C13H11N5O3S2. The number of rotatable bonds is 3. The van der Waals surface area contributed by atoms with Crippen molar-refractivity contribution < 1.29 is 14.4 Å². The third kappa shape index (κ3) is 4.24. The summed E-state index contributed by atoms with van der Waals surface area (Å²) in [6.07, 6.45) is 0. The van der Waals surface area contributed by atoms with Gasteiger partial charge in [-0.25, -0.2) is 9.79 Å². The van der Waals surface area contributed by atoms with Crippen LogP contribution in [-0.2, 0) is 9.59 Å². The van der Waals surface area contributed by atoms with Gasteiger partial charge in [0, 0.05) is 7.05 Å². The topological polar surface area (TPSA) is 124 Å². The van der Waals surface area contributed by atoms with Crippen LogP contribution in [0.2, 0.25) is 0 Å². The van der Waals surface area contributed by atoms with Gasteiger partial charge in [-0.2, -0.15) is 10.3 Å². The smallest absolute Gasteiger partial charge is 0.321 e. The van der Waals surface area contributed by atoms with Crippen LogP contribution in [0.4, 0.5) is 4.79 Å². The Balaban J connectivity index is 2.11. The lowest BCUT2D eigenvalue weighted by Crippen LogP contribution is -2.38. The van der Waals surface area contributed by atoms with E-state index in [1.165, 1.54) is 18.4 Å². The summed E-state index contributed by atoms with van der Waals surface area (Å²) in [5.74, 6) is -2.32. The lowest BCUT2D eigenvalue weighted by atomic mass is 10.0. The van der Waals surface area contributed by atoms with Crippen molar-refractivity contribution in [1.29, 1.82) is 5.26 Å². The molecule has 2 rings (SSSR count). The van der Waals surface area contributed by atoms with Gasteiger partial charge in [-0.3, -0.25) is 14.9 Å². The van der Waals surface area contributed by atoms with Crippen LogP contribution in [0, 0.1) is 17.2 Å². The second-order valence-corrected chi connectivity index (χ2v) is 6.08. The average Bonchev–Trinajstić information content (AvgIpc) is 3.06. The number of nitriles is 1. The number of carbonyl (C=O) groups excluding carboxylic acids is 3. The number of nitrogens with one attached hydrogen (secondary N) is 2. The molecular weight excluding hydrogens is 338 g/mol. The van der Waals surface area contributed by atoms with Gasteiger partial charge in [-0.1, -0.05) is 17.8 Å². The number of hydrogen-bond donors (Lipinski definition) is 2. The van der Waals surface area contributed by atoms with E-state index in [9.17, 15) is 14.4 Å². The first-order chi connectivity index (χ1) is 11.0. The molecule has 0 radical (unpaired) electrons. The zero-order valence-corrected chi connectivity index (χ0v) is 13.5. The van der Waals surface area contributed by atoms with E-state index in [0.717, 1.165) is 11.8 Å². The molecule has 1 aromatic rings. The van der Waals surface area contributed by atoms with E-state index in [0.29, 0.717) is 10.6 Å². The second-order valence-electron chi connectivity index (χ2n) is 4.19. The van der Waals surface area contributed by atoms with Crippen LogP contribution in [-0.4, -0.2) is 41.5 Å². The van der Waals surface area contributed by atoms with Gasteiger partial charge < -0.3 is 5.32 Å². The summed E-state index contributed by atoms with van der Waals surface area (Å²) in [5.41, 5.74) is 0.330. The zero-order valence-electron chi connectivity index (χ0n) is 11.9. The SMILES string of the molecule is CNC(=O)NC(=O)CSC1=NC(=O)C(C#N)C(c2cccs2)=N1. The summed E-state index contributed by atoms with van der Waals surface area (Å²) in [6.45, 7) is 0. The molecule has 1 atom stereocenters. The highest BCUT2D eigenvalue weighted by Crippen LogP contribution is 2.22. The number of imide groups is 1. The minimum absolute atomic E-state index is 0.0944. The number of nitrogens with zero attached hydrogens (tertiary/aromatic N) is 3. The molecule has 118 valence electrons. The first-order valence-electron chi connectivity index (χ1n) is 6.34. The summed E-state index contributed by atoms with van der Waals surface area (Å²) >= 11 is 2.28. The maximum Gasteiger partial charge on any atom is 0.321 e. The number of thiophene rings is 1. The molecule has 23 heavy (non-hydrogen) atoms. The first-order valence-corrected chi connectivity index (χ1v) is 8.20. The van der Waals surface area contributed by atoms with Crippen LogP contribution < -0.4 is 10.6 Å². The van der Waals surface area contributed by atoms with Gasteiger partial charge in [0.25, 0.3) is 5.91 Å². The Kier molecular flexibility index (Phi) is 5.61. The predicted octanol–water partition coefficient (Wildman–Crippen LogP) is 0.762. The van der Waals surface area contributed by atoms with Crippen molar-refractivity contribution in [2.75, 3.05) is 12.8 Å². The lowest BCUT2D eigenvalue weighted by molar-refractivity contribution is -0.119. The zero-order chi connectivity index (χ0) is 16.8. The molecule has 0 bridgehead atoms. The summed E-state index contributed by atoms with van der Waals surface area (Å²) in [6, 6.07) is 4.81. The van der Waals surface area contributed by atoms with Gasteiger partial charge >= 0.3 is 6.03 Å². The first kappa shape index (κ1) is 16.9. The quantitative estimate of drug-likeness (QED) is 0.834. The van der Waals surface area contributed by atoms with Crippen LogP contribution in [0.25, 0.3) is 0 Å². The van der Waals surface area contributed by atoms with Crippen LogP contribution in [0.1, 0.15) is 4.88 Å². The van der Waals surface area contributed by atoms with E-state index in [-0.39, 0.29) is 10.9 Å². The van der Waals surface area contributed by atoms with Gasteiger partial charge in [0.15, 0.2) is 11.1 Å². The highest BCUT2D eigenvalue weighted by molar-refractivity contribution is 8.14. The van der Waals surface area contributed by atoms with Gasteiger partial charge in [0.2, 0.25) is 5.91 Å². The number of amides is 4. The molecule has 0 saturated heterocycles. The van der Waals surface area contributed by atoms with Crippen molar-refractivity contribution in [3.8, 4) is 6.07 Å². The molecule has 0 aromatic carbocycles. The molecule has 2 heterocycles. The van der Waals surface area contributed by atoms with Crippen molar-refractivity contribution in [2.45, 2.75) is 0 Å². The highest BCUT2D eigenvalue weighted by Gasteiger charge is 2.30. The van der Waals surface area contributed by atoms with E-state index in [2.05, 4.69) is 20.6 Å². The Morgan fingerprint density at radius 1 is 1.48 bits per heavy atom. The number of urea groups is 1. The predicted molar refractivity (Wildman–Crippen MR) is 87.5 cm³/mol. The van der Waals surface area contributed by atoms with Crippen molar-refractivity contribution in [2.24, 2.45) is 15.9 Å². The molecule has 0 fully saturated rings. The van der Waals surface area contributed by atoms with Gasteiger partial charge in [0.05, 0.1) is 22.4 Å². The summed E-state index contributed by atoms with van der Waals surface area (Å²) in [7, 11) is 1.39. The van der Waals surface area contributed by atoms with Crippen LogP contribution in [0.15, 0.2) is 27.5 Å². The summed E-state index contributed by atoms with van der Waals surface area (Å²) in [4.78, 5) is 43.1. The minimum atomic E-state index is -1.04. The Morgan fingerprint density at radius 2 is 2.26 bits per heavy atom. The van der Waals surface area contributed by atoms with E-state index >= 15 is 0 Å². The molecule has 0 aliphatic carbocycles. The number of carbonyl (C=O) groups is 3. The Hall–Kier alpha value is -2.51. The third-order valence-electron chi connectivity index (χ3n) is 2.66. The third-order valence-corrected chi connectivity index (χ3v) is 4.40.